The highest BCUT2D eigenvalue weighted by Crippen LogP contribution is 2.25. The molecule has 0 spiro atoms. The monoisotopic (exact) mass is 211 g/mol. The minimum Gasteiger partial charge on any atom is -0.310 e. The molecule has 80 valence electrons. The number of hydrogen-bond donors (Lipinski definition) is 0. The third-order valence-corrected chi connectivity index (χ3v) is 2.55. The van der Waals surface area contributed by atoms with Gasteiger partial charge in [-0.25, -0.2) is 8.78 Å². The lowest BCUT2D eigenvalue weighted by Gasteiger charge is -2.27. The average Bonchev–Trinajstić information content (AvgIpc) is 2.23. The summed E-state index contributed by atoms with van der Waals surface area (Å²) >= 11 is 0. The molecule has 0 unspecified atom stereocenters. The predicted molar refractivity (Wildman–Crippen MR) is 52.6 cm³/mol. The summed E-state index contributed by atoms with van der Waals surface area (Å²) in [6.07, 6.45) is 2.07. The quantitative estimate of drug-likeness (QED) is 0.698. The van der Waals surface area contributed by atoms with Crippen molar-refractivity contribution in [2.24, 2.45) is 0 Å². The first-order chi connectivity index (χ1) is 7.20. The first-order valence-electron chi connectivity index (χ1n) is 4.94. The van der Waals surface area contributed by atoms with Gasteiger partial charge in [0.2, 0.25) is 5.91 Å². The molecule has 1 amide bonds. The van der Waals surface area contributed by atoms with E-state index in [0.717, 1.165) is 18.9 Å². The standard InChI is InChI=1S/C11H11F2NO/c12-8-4-3-5-9(11(8)13)14-7-2-1-6-10(14)15/h3-5H,1-2,6-7H2. The number of carbonyl (C=O) groups excluding carboxylic acids is 1. The summed E-state index contributed by atoms with van der Waals surface area (Å²) in [6.45, 7) is 0.471. The van der Waals surface area contributed by atoms with Crippen LogP contribution in [0.3, 0.4) is 0 Å². The predicted octanol–water partition coefficient (Wildman–Crippen LogP) is 2.48. The third-order valence-electron chi connectivity index (χ3n) is 2.55. The van der Waals surface area contributed by atoms with Gasteiger partial charge >= 0.3 is 0 Å². The molecule has 0 saturated carbocycles. The fourth-order valence-electron chi connectivity index (χ4n) is 1.76. The van der Waals surface area contributed by atoms with Crippen molar-refractivity contribution >= 4 is 11.6 Å². The molecule has 1 saturated heterocycles. The number of amides is 1. The Labute approximate surface area is 86.5 Å². The molecule has 0 atom stereocenters. The van der Waals surface area contributed by atoms with Crippen LogP contribution in [0.4, 0.5) is 14.5 Å². The molecule has 1 aliphatic heterocycles. The summed E-state index contributed by atoms with van der Waals surface area (Å²) in [4.78, 5) is 12.8. The summed E-state index contributed by atoms with van der Waals surface area (Å²) in [5, 5.41) is 0. The summed E-state index contributed by atoms with van der Waals surface area (Å²) in [7, 11) is 0. The molecule has 15 heavy (non-hydrogen) atoms. The normalized spacial score (nSPS) is 16.9. The largest absolute Gasteiger partial charge is 0.310 e. The van der Waals surface area contributed by atoms with E-state index in [-0.39, 0.29) is 11.6 Å². The lowest BCUT2D eigenvalue weighted by Crippen LogP contribution is -2.35. The second-order valence-corrected chi connectivity index (χ2v) is 3.58. The van der Waals surface area contributed by atoms with Crippen molar-refractivity contribution in [3.8, 4) is 0 Å². The van der Waals surface area contributed by atoms with Gasteiger partial charge in [0, 0.05) is 13.0 Å². The van der Waals surface area contributed by atoms with Gasteiger partial charge in [-0.1, -0.05) is 6.07 Å². The number of halogens is 2. The Balaban J connectivity index is 2.35. The second-order valence-electron chi connectivity index (χ2n) is 3.58. The van der Waals surface area contributed by atoms with E-state index >= 15 is 0 Å². The molecule has 0 radical (unpaired) electrons. The van der Waals surface area contributed by atoms with E-state index in [1.54, 1.807) is 0 Å². The van der Waals surface area contributed by atoms with E-state index in [1.165, 1.54) is 17.0 Å². The SMILES string of the molecule is O=C1CCCCN1c1cccc(F)c1F. The van der Waals surface area contributed by atoms with E-state index < -0.39 is 11.6 Å². The molecule has 1 heterocycles. The van der Waals surface area contributed by atoms with Crippen LogP contribution in [0.15, 0.2) is 18.2 Å². The minimum absolute atomic E-state index is 0.0553. The maximum atomic E-state index is 13.4. The van der Waals surface area contributed by atoms with Gasteiger partial charge in [-0.3, -0.25) is 4.79 Å². The summed E-state index contributed by atoms with van der Waals surface area (Å²) in [5.41, 5.74) is 0.0553. The zero-order valence-electron chi connectivity index (χ0n) is 8.17. The molecule has 1 aromatic carbocycles. The molecular weight excluding hydrogens is 200 g/mol. The molecule has 1 aliphatic rings. The van der Waals surface area contributed by atoms with Gasteiger partial charge in [-0.2, -0.15) is 0 Å². The summed E-state index contributed by atoms with van der Waals surface area (Å²) < 4.78 is 26.3. The molecule has 0 aliphatic carbocycles. The van der Waals surface area contributed by atoms with Gasteiger partial charge in [0.25, 0.3) is 0 Å². The van der Waals surface area contributed by atoms with E-state index in [1.807, 2.05) is 0 Å². The molecule has 4 heteroatoms. The zero-order chi connectivity index (χ0) is 10.8. The van der Waals surface area contributed by atoms with Crippen LogP contribution in [0.1, 0.15) is 19.3 Å². The van der Waals surface area contributed by atoms with Gasteiger partial charge in [0.1, 0.15) is 0 Å². The highest BCUT2D eigenvalue weighted by molar-refractivity contribution is 5.94. The van der Waals surface area contributed by atoms with Crippen molar-refractivity contribution in [1.29, 1.82) is 0 Å². The number of rotatable bonds is 1. The first kappa shape index (κ1) is 10.1. The van der Waals surface area contributed by atoms with Crippen LogP contribution in [0.25, 0.3) is 0 Å². The van der Waals surface area contributed by atoms with Crippen molar-refractivity contribution in [2.45, 2.75) is 19.3 Å². The minimum atomic E-state index is -0.937. The van der Waals surface area contributed by atoms with Crippen molar-refractivity contribution in [3.63, 3.8) is 0 Å². The second kappa shape index (κ2) is 3.96. The Bertz CT molecular complexity index is 392. The van der Waals surface area contributed by atoms with Gasteiger partial charge < -0.3 is 4.90 Å². The van der Waals surface area contributed by atoms with E-state index in [2.05, 4.69) is 0 Å². The van der Waals surface area contributed by atoms with Gasteiger partial charge in [-0.05, 0) is 25.0 Å². The summed E-state index contributed by atoms with van der Waals surface area (Å²) in [5.74, 6) is -1.98. The number of benzene rings is 1. The van der Waals surface area contributed by atoms with Crippen molar-refractivity contribution in [1.82, 2.24) is 0 Å². The fraction of sp³-hybridized carbons (Fsp3) is 0.364. The fourth-order valence-corrected chi connectivity index (χ4v) is 1.76. The van der Waals surface area contributed by atoms with E-state index in [9.17, 15) is 13.6 Å². The number of nitrogens with zero attached hydrogens (tertiary/aromatic N) is 1. The highest BCUT2D eigenvalue weighted by Gasteiger charge is 2.23. The van der Waals surface area contributed by atoms with Crippen LogP contribution < -0.4 is 4.90 Å². The Morgan fingerprint density at radius 1 is 1.20 bits per heavy atom. The van der Waals surface area contributed by atoms with Crippen LogP contribution in [0, 0.1) is 11.6 Å². The Morgan fingerprint density at radius 3 is 2.73 bits per heavy atom. The number of piperidine rings is 1. The first-order valence-corrected chi connectivity index (χ1v) is 4.94. The molecular formula is C11H11F2NO. The molecule has 1 fully saturated rings. The number of hydrogen-bond acceptors (Lipinski definition) is 1. The van der Waals surface area contributed by atoms with Crippen molar-refractivity contribution in [2.75, 3.05) is 11.4 Å². The average molecular weight is 211 g/mol. The molecule has 2 rings (SSSR count). The smallest absolute Gasteiger partial charge is 0.227 e. The molecule has 2 nitrogen and oxygen atoms in total. The Hall–Kier alpha value is -1.45. The molecule has 1 aromatic rings. The Morgan fingerprint density at radius 2 is 2.00 bits per heavy atom. The molecule has 0 aromatic heterocycles. The Kier molecular flexibility index (Phi) is 2.66. The van der Waals surface area contributed by atoms with Crippen LogP contribution >= 0.6 is 0 Å². The number of anilines is 1. The topological polar surface area (TPSA) is 20.3 Å². The van der Waals surface area contributed by atoms with Gasteiger partial charge in [0.15, 0.2) is 11.6 Å². The van der Waals surface area contributed by atoms with Crippen molar-refractivity contribution < 1.29 is 13.6 Å². The third kappa shape index (κ3) is 1.84. The lowest BCUT2D eigenvalue weighted by atomic mass is 10.1. The zero-order valence-corrected chi connectivity index (χ0v) is 8.17. The van der Waals surface area contributed by atoms with Crippen molar-refractivity contribution in [3.05, 3.63) is 29.8 Å². The van der Waals surface area contributed by atoms with E-state index in [0.29, 0.717) is 13.0 Å². The maximum absolute atomic E-state index is 13.4. The van der Waals surface area contributed by atoms with Gasteiger partial charge in [0.05, 0.1) is 5.69 Å². The molecule has 0 bridgehead atoms. The number of carbonyl (C=O) groups is 1. The van der Waals surface area contributed by atoms with Crippen LogP contribution in [-0.2, 0) is 4.79 Å². The van der Waals surface area contributed by atoms with Gasteiger partial charge in [-0.15, -0.1) is 0 Å². The van der Waals surface area contributed by atoms with Crippen LogP contribution in [-0.4, -0.2) is 12.5 Å². The highest BCUT2D eigenvalue weighted by atomic mass is 19.2. The van der Waals surface area contributed by atoms with Crippen LogP contribution in [0.5, 0.6) is 0 Å². The lowest BCUT2D eigenvalue weighted by molar-refractivity contribution is -0.119. The van der Waals surface area contributed by atoms with E-state index in [4.69, 9.17) is 0 Å². The summed E-state index contributed by atoms with van der Waals surface area (Å²) in [6, 6.07) is 3.89. The molecule has 0 N–H and O–H groups in total. The maximum Gasteiger partial charge on any atom is 0.227 e. The van der Waals surface area contributed by atoms with Crippen LogP contribution in [0.2, 0.25) is 0 Å².